The zero-order chi connectivity index (χ0) is 4.71. The van der Waals surface area contributed by atoms with Crippen LogP contribution in [0.2, 0.25) is 0 Å². The highest BCUT2D eigenvalue weighted by Crippen LogP contribution is 1.73. The quantitative estimate of drug-likeness (QED) is 0.492. The molecule has 0 unspecified atom stereocenters. The minimum Gasteiger partial charge on any atom is -0.400 e. The average Bonchev–Trinajstić information content (AvgIpc) is 1.46. The van der Waals surface area contributed by atoms with Crippen molar-refractivity contribution in [2.75, 3.05) is 12.4 Å². The number of halogens is 2. The second-order valence-corrected chi connectivity index (χ2v) is 0.909. The van der Waals surface area contributed by atoms with E-state index in [0.717, 1.165) is 7.11 Å². The van der Waals surface area contributed by atoms with Crippen LogP contribution in [0, 0.1) is 0 Å². The molecular weight excluding hydrogens is 125 g/mol. The SMILES string of the molecule is CO.ClCCl.[NH2]. The predicted octanol–water partition coefficient (Wildman–Crippen LogP) is 0.978. The Bertz CT molecular complexity index is 11.5. The van der Waals surface area contributed by atoms with E-state index in [0.29, 0.717) is 0 Å². The fourth-order valence-corrected chi connectivity index (χ4v) is 0. The van der Waals surface area contributed by atoms with E-state index in [2.05, 4.69) is 0 Å². The van der Waals surface area contributed by atoms with Crippen LogP contribution in [0.5, 0.6) is 0 Å². The molecule has 1 radical (unpaired) electrons. The lowest BCUT2D eigenvalue weighted by Gasteiger charge is -1.42. The summed E-state index contributed by atoms with van der Waals surface area (Å²) in [5, 5.41) is 7.19. The van der Waals surface area contributed by atoms with Crippen LogP contribution in [-0.2, 0) is 0 Å². The van der Waals surface area contributed by atoms with Crippen molar-refractivity contribution < 1.29 is 5.11 Å². The van der Waals surface area contributed by atoms with Crippen molar-refractivity contribution in [3.63, 3.8) is 0 Å². The molecule has 0 aliphatic rings. The van der Waals surface area contributed by atoms with Gasteiger partial charge < -0.3 is 5.11 Å². The molecule has 0 saturated heterocycles. The molecule has 0 aromatic carbocycles. The molecule has 0 heterocycles. The molecule has 3 N–H and O–H groups in total. The second kappa shape index (κ2) is 49.5. The van der Waals surface area contributed by atoms with Gasteiger partial charge in [0.05, 0.1) is 5.34 Å². The zero-order valence-electron chi connectivity index (χ0n) is 3.49. The molecule has 0 aromatic rings. The summed E-state index contributed by atoms with van der Waals surface area (Å²) >= 11 is 9.53. The van der Waals surface area contributed by atoms with Crippen LogP contribution >= 0.6 is 23.2 Å². The van der Waals surface area contributed by atoms with E-state index in [1.165, 1.54) is 0 Å². The van der Waals surface area contributed by atoms with Crippen molar-refractivity contribution in [1.82, 2.24) is 6.15 Å². The standard InChI is InChI=1S/CH2Cl2.CH4O.H2N/c2-1-3;1-2;/h1H2;2H,1H3;1H2. The minimum atomic E-state index is 0. The Morgan fingerprint density at radius 3 is 1.33 bits per heavy atom. The monoisotopic (exact) mass is 132 g/mol. The highest BCUT2D eigenvalue weighted by atomic mass is 35.5. The molecule has 0 fully saturated rings. The van der Waals surface area contributed by atoms with Gasteiger partial charge in [0.2, 0.25) is 0 Å². The Kier molecular flexibility index (Phi) is 132. The van der Waals surface area contributed by atoms with Crippen LogP contribution in [0.3, 0.4) is 0 Å². The minimum absolute atomic E-state index is 0. The second-order valence-electron chi connectivity index (χ2n) is 0.101. The van der Waals surface area contributed by atoms with Crippen molar-refractivity contribution in [2.24, 2.45) is 0 Å². The van der Waals surface area contributed by atoms with Gasteiger partial charge in [-0.3, -0.25) is 6.15 Å². The topological polar surface area (TPSA) is 53.7 Å². The third kappa shape index (κ3) is 221. The summed E-state index contributed by atoms with van der Waals surface area (Å²) in [6, 6.07) is 0. The largest absolute Gasteiger partial charge is 0.400 e. The molecule has 0 bridgehead atoms. The first-order chi connectivity index (χ1) is 2.41. The van der Waals surface area contributed by atoms with Crippen LogP contribution in [-0.4, -0.2) is 17.6 Å². The molecule has 2 nitrogen and oxygen atoms in total. The summed E-state index contributed by atoms with van der Waals surface area (Å²) in [5.74, 6) is 0. The van der Waals surface area contributed by atoms with E-state index < -0.39 is 0 Å². The van der Waals surface area contributed by atoms with Gasteiger partial charge in [0.15, 0.2) is 0 Å². The number of aliphatic hydroxyl groups is 1. The molecule has 0 aliphatic carbocycles. The third-order valence-electron chi connectivity index (χ3n) is 0. The van der Waals surface area contributed by atoms with E-state index >= 15 is 0 Å². The number of rotatable bonds is 0. The first-order valence-corrected chi connectivity index (χ1v) is 2.05. The van der Waals surface area contributed by atoms with Crippen molar-refractivity contribution in [3.05, 3.63) is 0 Å². The van der Waals surface area contributed by atoms with Gasteiger partial charge in [-0.05, 0) is 0 Å². The number of hydrogen-bond donors (Lipinski definition) is 1. The van der Waals surface area contributed by atoms with Gasteiger partial charge in [0.1, 0.15) is 0 Å². The summed E-state index contributed by atoms with van der Waals surface area (Å²) < 4.78 is 0. The maximum Gasteiger partial charge on any atom is 0.0967 e. The van der Waals surface area contributed by atoms with E-state index in [-0.39, 0.29) is 11.5 Å². The molecule has 4 heteroatoms. The van der Waals surface area contributed by atoms with Gasteiger partial charge in [-0.25, -0.2) is 0 Å². The van der Waals surface area contributed by atoms with Gasteiger partial charge in [-0.2, -0.15) is 0 Å². The number of hydrogen-bond acceptors (Lipinski definition) is 1. The fraction of sp³-hybridized carbons (Fsp3) is 1.00. The molecule has 0 atom stereocenters. The van der Waals surface area contributed by atoms with Gasteiger partial charge in [-0.1, -0.05) is 0 Å². The van der Waals surface area contributed by atoms with Crippen LogP contribution in [0.25, 0.3) is 0 Å². The Balaban J connectivity index is -0.0000000275. The number of aliphatic hydroxyl groups excluding tert-OH is 1. The highest BCUT2D eigenvalue weighted by molar-refractivity contribution is 6.40. The molecule has 6 heavy (non-hydrogen) atoms. The van der Waals surface area contributed by atoms with Gasteiger partial charge in [-0.15, -0.1) is 23.2 Å². The lowest BCUT2D eigenvalue weighted by molar-refractivity contribution is 0.399. The van der Waals surface area contributed by atoms with Gasteiger partial charge in [0, 0.05) is 7.11 Å². The average molecular weight is 133 g/mol. The Morgan fingerprint density at radius 1 is 1.33 bits per heavy atom. The summed E-state index contributed by atoms with van der Waals surface area (Å²) in [6.45, 7) is 0. The molecular formula is C2H8Cl2NO. The molecule has 0 amide bonds. The maximum atomic E-state index is 7.00. The Morgan fingerprint density at radius 2 is 1.33 bits per heavy atom. The summed E-state index contributed by atoms with van der Waals surface area (Å²) in [5.41, 5.74) is 0. The zero-order valence-corrected chi connectivity index (χ0v) is 5.00. The first-order valence-electron chi connectivity index (χ1n) is 0.982. The van der Waals surface area contributed by atoms with E-state index in [4.69, 9.17) is 28.3 Å². The fourth-order valence-electron chi connectivity index (χ4n) is 0. The highest BCUT2D eigenvalue weighted by Gasteiger charge is 1.41. The summed E-state index contributed by atoms with van der Waals surface area (Å²) in [6.07, 6.45) is 0. The first kappa shape index (κ1) is 16.1. The van der Waals surface area contributed by atoms with Crippen molar-refractivity contribution in [1.29, 1.82) is 0 Å². The van der Waals surface area contributed by atoms with E-state index in [1.807, 2.05) is 0 Å². The van der Waals surface area contributed by atoms with Crippen molar-refractivity contribution in [2.45, 2.75) is 0 Å². The van der Waals surface area contributed by atoms with Gasteiger partial charge in [0.25, 0.3) is 0 Å². The number of nitrogens with two attached hydrogens (primary N) is 1. The lowest BCUT2D eigenvalue weighted by atomic mass is 11.8. The number of alkyl halides is 2. The van der Waals surface area contributed by atoms with Gasteiger partial charge >= 0.3 is 0 Å². The Labute approximate surface area is 47.6 Å². The Hall–Kier alpha value is 0.500. The summed E-state index contributed by atoms with van der Waals surface area (Å²) in [7, 11) is 1.00. The van der Waals surface area contributed by atoms with Crippen LogP contribution in [0.15, 0.2) is 0 Å². The van der Waals surface area contributed by atoms with Crippen LogP contribution < -0.4 is 6.15 Å². The molecule has 0 aromatic heterocycles. The molecule has 0 rings (SSSR count). The maximum absolute atomic E-state index is 7.00. The predicted molar refractivity (Wildman–Crippen MR) is 28.8 cm³/mol. The third-order valence-corrected chi connectivity index (χ3v) is 0. The molecule has 0 spiro atoms. The lowest BCUT2D eigenvalue weighted by Crippen LogP contribution is -1.25. The van der Waals surface area contributed by atoms with E-state index in [9.17, 15) is 0 Å². The summed E-state index contributed by atoms with van der Waals surface area (Å²) in [4.78, 5) is 0. The van der Waals surface area contributed by atoms with Crippen molar-refractivity contribution in [3.8, 4) is 0 Å². The van der Waals surface area contributed by atoms with Crippen LogP contribution in [0.1, 0.15) is 0 Å². The van der Waals surface area contributed by atoms with Crippen LogP contribution in [0.4, 0.5) is 0 Å². The molecule has 0 aliphatic heterocycles. The molecule has 41 valence electrons. The molecule has 0 saturated carbocycles. The smallest absolute Gasteiger partial charge is 0.0967 e. The van der Waals surface area contributed by atoms with Crippen molar-refractivity contribution >= 4 is 23.2 Å². The van der Waals surface area contributed by atoms with E-state index in [1.54, 1.807) is 0 Å². The normalized spacial score (nSPS) is 4.00.